The van der Waals surface area contributed by atoms with Crippen molar-refractivity contribution in [3.63, 3.8) is 0 Å². The molecule has 0 saturated carbocycles. The van der Waals surface area contributed by atoms with E-state index in [0.717, 1.165) is 0 Å². The first kappa shape index (κ1) is 5.31. The zero-order valence-electron chi connectivity index (χ0n) is 3.50. The van der Waals surface area contributed by atoms with Crippen molar-refractivity contribution in [2.24, 2.45) is 0 Å². The Hall–Kier alpha value is 1.52. The first-order valence-electron chi connectivity index (χ1n) is 2.00. The van der Waals surface area contributed by atoms with Crippen LogP contribution in [-0.4, -0.2) is 57.5 Å². The van der Waals surface area contributed by atoms with E-state index in [1.165, 1.54) is 17.1 Å². The molecule has 0 aromatic rings. The van der Waals surface area contributed by atoms with Crippen molar-refractivity contribution in [2.75, 3.05) is 0 Å². The van der Waals surface area contributed by atoms with E-state index in [1.807, 2.05) is 0 Å². The molecule has 2 saturated heterocycles. The monoisotopic (exact) mass is 196 g/mol. The second-order valence-corrected chi connectivity index (χ2v) is 40.5. The Morgan fingerprint density at radius 2 is 1.14 bits per heavy atom. The maximum Gasteiger partial charge on any atom is 0 e. The second kappa shape index (κ2) is 1.75. The Morgan fingerprint density at radius 3 is 1.14 bits per heavy atom. The third-order valence-electron chi connectivity index (χ3n) is 1.00. The Labute approximate surface area is 57.5 Å². The van der Waals surface area contributed by atoms with E-state index in [9.17, 15) is 0 Å². The van der Waals surface area contributed by atoms with E-state index < -0.39 is 0 Å². The van der Waals surface area contributed by atoms with E-state index in [0.29, 0.717) is 0 Å². The summed E-state index contributed by atoms with van der Waals surface area (Å²) in [5.74, 6) is 0. The van der Waals surface area contributed by atoms with Crippen LogP contribution in [0.1, 0.15) is 0 Å². The highest BCUT2D eigenvalue weighted by Gasteiger charge is 2.45. The zero-order valence-corrected chi connectivity index (χ0v) is 10.5. The minimum atomic E-state index is -0.154. The summed E-state index contributed by atoms with van der Waals surface area (Å²) in [6.07, 6.45) is -0.154. The van der Waals surface area contributed by atoms with Crippen LogP contribution in [0.4, 0.5) is 0 Å². The summed E-state index contributed by atoms with van der Waals surface area (Å²) >= 11 is 0. The van der Waals surface area contributed by atoms with Crippen LogP contribution in [0, 0.1) is 0 Å². The van der Waals surface area contributed by atoms with Crippen LogP contribution in [0.15, 0.2) is 0 Å². The fourth-order valence-electron chi connectivity index (χ4n) is 0.500. The lowest BCUT2D eigenvalue weighted by Gasteiger charge is -2.45. The maximum atomic E-state index is 1.56. The average Bonchev–Trinajstić information content (AvgIpc) is 1.20. The van der Waals surface area contributed by atoms with Crippen LogP contribution >= 0.6 is 0 Å². The minimum absolute atomic E-state index is 0.154. The molecule has 0 aromatic carbocycles. The molecule has 12 radical (unpaired) electrons. The van der Waals surface area contributed by atoms with Crippen LogP contribution in [0.2, 0.25) is 0 Å². The molecule has 2 heterocycles. The molecule has 0 unspecified atom stereocenters. The largest absolute Gasteiger partial charge is 0 e. The molecule has 7 heteroatoms. The third-order valence-corrected chi connectivity index (χ3v) is 81.0. The fourth-order valence-corrected chi connectivity index (χ4v) is 101. The van der Waals surface area contributed by atoms with E-state index >= 15 is 0 Å². The van der Waals surface area contributed by atoms with Crippen molar-refractivity contribution < 1.29 is 0 Å². The fraction of sp³-hybridized carbons (Fsp3) is 0. The topological polar surface area (TPSA) is 0 Å². The van der Waals surface area contributed by atoms with Crippen molar-refractivity contribution in [1.29, 1.82) is 0 Å². The van der Waals surface area contributed by atoms with Crippen molar-refractivity contribution in [1.82, 2.24) is 0 Å². The molecule has 0 aromatic heterocycles. The summed E-state index contributed by atoms with van der Waals surface area (Å²) in [7, 11) is 9.18. The van der Waals surface area contributed by atoms with Crippen molar-refractivity contribution in [3.05, 3.63) is 0 Å². The molecule has 0 atom stereocenters. The quantitative estimate of drug-likeness (QED) is 0.371. The SMILES string of the molecule is [Si]1[Si][Si]2([Si]1)[Si][Si][Si]2. The van der Waals surface area contributed by atoms with Gasteiger partial charge in [-0.2, -0.15) is 0 Å². The number of rotatable bonds is 0. The van der Waals surface area contributed by atoms with E-state index in [-0.39, 0.29) is 6.14 Å². The van der Waals surface area contributed by atoms with E-state index in [2.05, 4.69) is 0 Å². The first-order valence-corrected chi connectivity index (χ1v) is 18.0. The molecule has 0 N–H and O–H groups in total. The first-order chi connectivity index (χ1) is 3.41. The molecule has 2 fully saturated rings. The van der Waals surface area contributed by atoms with Crippen LogP contribution in [-0.2, 0) is 0 Å². The van der Waals surface area contributed by atoms with Gasteiger partial charge in [0, 0.05) is 57.5 Å². The standard InChI is InChI=1S/Si7/c1-3-7(4-1)5-2-6-7. The van der Waals surface area contributed by atoms with Crippen LogP contribution in [0.5, 0.6) is 0 Å². The van der Waals surface area contributed by atoms with Gasteiger partial charge in [-0.25, -0.2) is 0 Å². The molecular weight excluding hydrogens is 197 g/mol. The second-order valence-electron chi connectivity index (χ2n) is 1.50. The predicted octanol–water partition coefficient (Wildman–Crippen LogP) is -2.67. The highest BCUT2D eigenvalue weighted by atomic mass is 30.5. The number of hydrogen-bond acceptors (Lipinski definition) is 0. The van der Waals surface area contributed by atoms with Gasteiger partial charge in [-0.15, -0.1) is 0 Å². The molecule has 0 bridgehead atoms. The Kier molecular flexibility index (Phi) is 1.33. The lowest BCUT2D eigenvalue weighted by molar-refractivity contribution is 3.31. The van der Waals surface area contributed by atoms with E-state index in [1.54, 1.807) is 34.2 Å². The van der Waals surface area contributed by atoms with Gasteiger partial charge in [-0.3, -0.25) is 0 Å². The van der Waals surface area contributed by atoms with Gasteiger partial charge in [0.15, 0.2) is 0 Å². The van der Waals surface area contributed by atoms with Gasteiger partial charge < -0.3 is 0 Å². The average molecular weight is 197 g/mol. The lowest BCUT2D eigenvalue weighted by atomic mass is 25.6. The maximum absolute atomic E-state index is 1.56. The summed E-state index contributed by atoms with van der Waals surface area (Å²) in [5.41, 5.74) is 0. The highest BCUT2D eigenvalue weighted by molar-refractivity contribution is 8.21. The van der Waals surface area contributed by atoms with Crippen molar-refractivity contribution in [2.45, 2.75) is 0 Å². The molecule has 2 aliphatic rings. The van der Waals surface area contributed by atoms with Gasteiger partial charge in [0.05, 0.1) is 0 Å². The van der Waals surface area contributed by atoms with Gasteiger partial charge in [-0.1, -0.05) is 0 Å². The summed E-state index contributed by atoms with van der Waals surface area (Å²) < 4.78 is 0. The predicted molar refractivity (Wildman–Crippen MR) is 40.3 cm³/mol. The van der Waals surface area contributed by atoms with Gasteiger partial charge in [0.1, 0.15) is 0 Å². The molecule has 0 amide bonds. The van der Waals surface area contributed by atoms with Crippen LogP contribution in [0.25, 0.3) is 0 Å². The Balaban J connectivity index is 2.00. The van der Waals surface area contributed by atoms with Gasteiger partial charge in [0.25, 0.3) is 0 Å². The molecule has 28 valence electrons. The minimum Gasteiger partial charge on any atom is 0 e. The molecule has 0 nitrogen and oxygen atoms in total. The van der Waals surface area contributed by atoms with E-state index in [4.69, 9.17) is 0 Å². The van der Waals surface area contributed by atoms with Crippen LogP contribution < -0.4 is 0 Å². The molecular formula is Si7. The Bertz CT molecular complexity index is 60.5. The lowest BCUT2D eigenvalue weighted by Crippen LogP contribution is -2.83. The normalized spacial score (nSPS) is 34.3. The smallest absolute Gasteiger partial charge is 0 e. The van der Waals surface area contributed by atoms with Crippen molar-refractivity contribution >= 4 is 57.5 Å². The third kappa shape index (κ3) is 0.746. The number of hydrogen-bond donors (Lipinski definition) is 0. The highest BCUT2D eigenvalue weighted by Crippen LogP contribution is 2.07. The van der Waals surface area contributed by atoms with Crippen LogP contribution in [0.3, 0.4) is 0 Å². The summed E-state index contributed by atoms with van der Waals surface area (Å²) in [6.45, 7) is 0. The van der Waals surface area contributed by atoms with Gasteiger partial charge in [0.2, 0.25) is 0 Å². The Morgan fingerprint density at radius 1 is 0.714 bits per heavy atom. The summed E-state index contributed by atoms with van der Waals surface area (Å²) in [4.78, 5) is 0. The summed E-state index contributed by atoms with van der Waals surface area (Å²) in [5, 5.41) is 0. The molecule has 0 aliphatic carbocycles. The van der Waals surface area contributed by atoms with Gasteiger partial charge in [-0.05, 0) is 0 Å². The zero-order chi connectivity index (χ0) is 4.74. The summed E-state index contributed by atoms with van der Waals surface area (Å²) in [6, 6.07) is 0. The molecule has 2 rings (SSSR count). The van der Waals surface area contributed by atoms with Gasteiger partial charge >= 0.3 is 0 Å². The molecule has 2 aliphatic heterocycles. The molecule has 7 heavy (non-hydrogen) atoms. The van der Waals surface area contributed by atoms with Crippen molar-refractivity contribution in [3.8, 4) is 0 Å². The molecule has 1 spiro atoms.